The molecule has 0 aliphatic rings. The minimum Gasteiger partial charge on any atom is -0.488 e. The highest BCUT2D eigenvalue weighted by Crippen LogP contribution is 2.27. The predicted octanol–water partition coefficient (Wildman–Crippen LogP) is 8.84. The quantitative estimate of drug-likeness (QED) is 0.252. The van der Waals surface area contributed by atoms with E-state index in [0.29, 0.717) is 0 Å². The summed E-state index contributed by atoms with van der Waals surface area (Å²) < 4.78 is 12.3. The fraction of sp³-hybridized carbons (Fsp3) is 0.235. The monoisotopic (exact) mass is 504 g/mol. The molecule has 0 bridgehead atoms. The maximum atomic E-state index is 6.13. The van der Waals surface area contributed by atoms with Crippen LogP contribution in [0.1, 0.15) is 63.8 Å². The van der Waals surface area contributed by atoms with Gasteiger partial charge in [-0.1, -0.05) is 60.7 Å². The molecule has 194 valence electrons. The van der Waals surface area contributed by atoms with Crippen LogP contribution in [0.15, 0.2) is 85.2 Å². The number of ether oxygens (including phenoxy) is 2. The topological polar surface area (TPSA) is 44.2 Å². The molecule has 0 spiro atoms. The summed E-state index contributed by atoms with van der Waals surface area (Å²) in [5.74, 6) is 1.72. The average molecular weight is 505 g/mol. The van der Waals surface area contributed by atoms with Gasteiger partial charge >= 0.3 is 0 Å². The van der Waals surface area contributed by atoms with E-state index >= 15 is 0 Å². The average Bonchev–Trinajstić information content (AvgIpc) is 2.86. The van der Waals surface area contributed by atoms with Crippen LogP contribution in [-0.4, -0.2) is 21.2 Å². The molecule has 2 aromatic carbocycles. The lowest BCUT2D eigenvalue weighted by Crippen LogP contribution is -2.23. The molecule has 38 heavy (non-hydrogen) atoms. The van der Waals surface area contributed by atoms with Crippen molar-refractivity contribution < 1.29 is 9.47 Å². The van der Waals surface area contributed by atoms with Crippen LogP contribution in [0.5, 0.6) is 11.5 Å². The lowest BCUT2D eigenvalue weighted by molar-refractivity contribution is 0.130. The molecule has 0 aliphatic carbocycles. The fourth-order valence-electron chi connectivity index (χ4n) is 3.84. The van der Waals surface area contributed by atoms with Crippen molar-refractivity contribution >= 4 is 24.3 Å². The minimum atomic E-state index is -0.263. The summed E-state index contributed by atoms with van der Waals surface area (Å²) in [5.41, 5.74) is 5.24. The van der Waals surface area contributed by atoms with E-state index in [2.05, 4.69) is 87.9 Å². The zero-order valence-corrected chi connectivity index (χ0v) is 23.1. The van der Waals surface area contributed by atoms with Crippen LogP contribution < -0.4 is 9.47 Å². The molecule has 4 aromatic rings. The van der Waals surface area contributed by atoms with E-state index in [1.807, 2.05) is 73.1 Å². The molecule has 4 rings (SSSR count). The van der Waals surface area contributed by atoms with Gasteiger partial charge in [0.15, 0.2) is 0 Å². The van der Waals surface area contributed by atoms with Gasteiger partial charge in [0.2, 0.25) is 0 Å². The second kappa shape index (κ2) is 11.5. The second-order valence-corrected chi connectivity index (χ2v) is 11.1. The molecule has 0 atom stereocenters. The van der Waals surface area contributed by atoms with E-state index in [4.69, 9.17) is 9.47 Å². The van der Waals surface area contributed by atoms with Gasteiger partial charge in [-0.05, 0) is 89.1 Å². The Morgan fingerprint density at radius 2 is 0.921 bits per heavy atom. The smallest absolute Gasteiger partial charge is 0.127 e. The maximum Gasteiger partial charge on any atom is 0.127 e. The van der Waals surface area contributed by atoms with Crippen molar-refractivity contribution in [2.45, 2.75) is 52.7 Å². The zero-order valence-electron chi connectivity index (χ0n) is 23.1. The summed E-state index contributed by atoms with van der Waals surface area (Å²) in [6.45, 7) is 12.3. The first-order chi connectivity index (χ1) is 18.1. The predicted molar refractivity (Wildman–Crippen MR) is 159 cm³/mol. The third kappa shape index (κ3) is 7.91. The van der Waals surface area contributed by atoms with Crippen LogP contribution in [-0.2, 0) is 0 Å². The number of aromatic nitrogens is 2. The lowest BCUT2D eigenvalue weighted by Gasteiger charge is -2.22. The van der Waals surface area contributed by atoms with Crippen LogP contribution in [0, 0.1) is 0 Å². The van der Waals surface area contributed by atoms with Crippen molar-refractivity contribution in [3.05, 3.63) is 107 Å². The highest BCUT2D eigenvalue weighted by atomic mass is 16.5. The summed E-state index contributed by atoms with van der Waals surface area (Å²) in [6, 6.07) is 24.2. The third-order valence-electron chi connectivity index (χ3n) is 5.41. The third-order valence-corrected chi connectivity index (χ3v) is 5.41. The van der Waals surface area contributed by atoms with Gasteiger partial charge in [0.25, 0.3) is 0 Å². The molecule has 0 saturated carbocycles. The molecule has 0 saturated heterocycles. The highest BCUT2D eigenvalue weighted by Gasteiger charge is 2.14. The van der Waals surface area contributed by atoms with Gasteiger partial charge in [-0.25, -0.2) is 0 Å². The van der Waals surface area contributed by atoms with Crippen molar-refractivity contribution in [3.8, 4) is 22.9 Å². The number of hydrogen-bond donors (Lipinski definition) is 0. The summed E-state index contributed by atoms with van der Waals surface area (Å²) in [4.78, 5) is 9.16. The lowest BCUT2D eigenvalue weighted by atomic mass is 10.1. The van der Waals surface area contributed by atoms with Crippen molar-refractivity contribution in [3.63, 3.8) is 0 Å². The van der Waals surface area contributed by atoms with Crippen molar-refractivity contribution in [2.24, 2.45) is 0 Å². The van der Waals surface area contributed by atoms with E-state index < -0.39 is 0 Å². The SMILES string of the molecule is CC(C)(C)Oc1ccccc1/C=C/c1ccnc(-c2cc(/C=C/c3ccccc3OC(C)(C)C)ccn2)c1. The molecule has 2 heterocycles. The first-order valence-corrected chi connectivity index (χ1v) is 12.9. The Bertz CT molecular complexity index is 1330. The Kier molecular flexibility index (Phi) is 8.11. The summed E-state index contributed by atoms with van der Waals surface area (Å²) in [7, 11) is 0. The first kappa shape index (κ1) is 26.9. The van der Waals surface area contributed by atoms with Gasteiger partial charge in [0, 0.05) is 23.5 Å². The molecule has 4 heteroatoms. The summed E-state index contributed by atoms with van der Waals surface area (Å²) in [6.07, 6.45) is 11.9. The van der Waals surface area contributed by atoms with Gasteiger partial charge in [0.1, 0.15) is 22.7 Å². The first-order valence-electron chi connectivity index (χ1n) is 12.9. The van der Waals surface area contributed by atoms with Gasteiger partial charge in [-0.3, -0.25) is 9.97 Å². The second-order valence-electron chi connectivity index (χ2n) is 11.1. The molecular weight excluding hydrogens is 468 g/mol. The number of para-hydroxylation sites is 2. The van der Waals surface area contributed by atoms with Crippen LogP contribution in [0.2, 0.25) is 0 Å². The number of hydrogen-bond acceptors (Lipinski definition) is 4. The molecule has 0 fully saturated rings. The standard InChI is InChI=1S/C34H36N2O2/c1-33(2,3)37-31-13-9-7-11-27(31)17-15-25-19-21-35-29(23-25)30-24-26(20-22-36-30)16-18-28-12-8-10-14-32(28)38-34(4,5)6/h7-24H,1-6H3/b17-15+,18-16+. The van der Waals surface area contributed by atoms with Crippen molar-refractivity contribution in [1.82, 2.24) is 9.97 Å². The Morgan fingerprint density at radius 1 is 0.526 bits per heavy atom. The Morgan fingerprint density at radius 3 is 1.32 bits per heavy atom. The van der Waals surface area contributed by atoms with Crippen LogP contribution in [0.4, 0.5) is 0 Å². The Hall–Kier alpha value is -4.18. The maximum absolute atomic E-state index is 6.13. The normalized spacial score (nSPS) is 12.3. The Balaban J connectivity index is 1.55. The zero-order chi connectivity index (χ0) is 27.2. The highest BCUT2D eigenvalue weighted by molar-refractivity contribution is 5.76. The van der Waals surface area contributed by atoms with Crippen molar-refractivity contribution in [2.75, 3.05) is 0 Å². The molecule has 0 aliphatic heterocycles. The fourth-order valence-corrected chi connectivity index (χ4v) is 3.84. The van der Waals surface area contributed by atoms with Gasteiger partial charge in [-0.2, -0.15) is 0 Å². The van der Waals surface area contributed by atoms with E-state index in [1.54, 1.807) is 0 Å². The summed E-state index contributed by atoms with van der Waals surface area (Å²) >= 11 is 0. The van der Waals surface area contributed by atoms with Gasteiger partial charge < -0.3 is 9.47 Å². The molecule has 0 N–H and O–H groups in total. The number of pyridine rings is 2. The van der Waals surface area contributed by atoms with Gasteiger partial charge in [0.05, 0.1) is 11.4 Å². The van der Waals surface area contributed by atoms with Crippen molar-refractivity contribution in [1.29, 1.82) is 0 Å². The van der Waals surface area contributed by atoms with E-state index in [0.717, 1.165) is 45.1 Å². The number of benzene rings is 2. The van der Waals surface area contributed by atoms with Crippen LogP contribution in [0.25, 0.3) is 35.7 Å². The molecular formula is C34H36N2O2. The molecule has 0 unspecified atom stereocenters. The molecule has 0 amide bonds. The molecule has 2 aromatic heterocycles. The molecule has 0 radical (unpaired) electrons. The number of rotatable bonds is 7. The Labute approximate surface area is 226 Å². The van der Waals surface area contributed by atoms with Crippen LogP contribution >= 0.6 is 0 Å². The largest absolute Gasteiger partial charge is 0.488 e. The summed E-state index contributed by atoms with van der Waals surface area (Å²) in [5, 5.41) is 0. The van der Waals surface area contributed by atoms with E-state index in [-0.39, 0.29) is 11.2 Å². The number of nitrogens with zero attached hydrogens (tertiary/aromatic N) is 2. The molecule has 4 nitrogen and oxygen atoms in total. The minimum absolute atomic E-state index is 0.263. The van der Waals surface area contributed by atoms with Gasteiger partial charge in [-0.15, -0.1) is 0 Å². The van der Waals surface area contributed by atoms with E-state index in [1.165, 1.54) is 0 Å². The van der Waals surface area contributed by atoms with E-state index in [9.17, 15) is 0 Å². The van der Waals surface area contributed by atoms with Crippen LogP contribution in [0.3, 0.4) is 0 Å².